The monoisotopic (exact) mass is 377 g/mol. The predicted octanol–water partition coefficient (Wildman–Crippen LogP) is 2.04. The standard InChI is InChI=1S/C13H23N5.HI/c1-14-13(17-11-6-4-3-5-7-11)15-10-12-8-9-16-18(12)2;/h8-9,11H,3-7,10H2,1-2H3,(H2,14,15,17);1H. The first kappa shape index (κ1) is 16.3. The molecule has 19 heavy (non-hydrogen) atoms. The van der Waals surface area contributed by atoms with E-state index in [0.717, 1.165) is 18.2 Å². The maximum absolute atomic E-state index is 4.28. The summed E-state index contributed by atoms with van der Waals surface area (Å²) in [6.45, 7) is 0.753. The van der Waals surface area contributed by atoms with Crippen molar-refractivity contribution >= 4 is 29.9 Å². The summed E-state index contributed by atoms with van der Waals surface area (Å²) in [4.78, 5) is 4.28. The second-order valence-corrected chi connectivity index (χ2v) is 4.85. The molecule has 0 atom stereocenters. The molecule has 1 aliphatic rings. The Morgan fingerprint density at radius 1 is 1.42 bits per heavy atom. The number of halogens is 1. The van der Waals surface area contributed by atoms with E-state index in [-0.39, 0.29) is 24.0 Å². The van der Waals surface area contributed by atoms with Gasteiger partial charge in [0, 0.05) is 26.3 Å². The van der Waals surface area contributed by atoms with E-state index in [0.29, 0.717) is 6.04 Å². The third-order valence-electron chi connectivity index (χ3n) is 3.53. The van der Waals surface area contributed by atoms with E-state index in [4.69, 9.17) is 0 Å². The summed E-state index contributed by atoms with van der Waals surface area (Å²) in [7, 11) is 3.77. The van der Waals surface area contributed by atoms with Crippen molar-refractivity contribution in [3.05, 3.63) is 18.0 Å². The van der Waals surface area contributed by atoms with Gasteiger partial charge in [0.15, 0.2) is 5.96 Å². The molecule has 0 spiro atoms. The van der Waals surface area contributed by atoms with Gasteiger partial charge >= 0.3 is 0 Å². The van der Waals surface area contributed by atoms with Crippen LogP contribution in [-0.4, -0.2) is 28.8 Å². The topological polar surface area (TPSA) is 54.2 Å². The van der Waals surface area contributed by atoms with Gasteiger partial charge in [0.25, 0.3) is 0 Å². The smallest absolute Gasteiger partial charge is 0.191 e. The van der Waals surface area contributed by atoms with Gasteiger partial charge in [-0.15, -0.1) is 24.0 Å². The zero-order chi connectivity index (χ0) is 12.8. The Morgan fingerprint density at radius 3 is 2.74 bits per heavy atom. The Morgan fingerprint density at radius 2 is 2.16 bits per heavy atom. The molecule has 0 amide bonds. The van der Waals surface area contributed by atoms with Crippen LogP contribution < -0.4 is 10.6 Å². The van der Waals surface area contributed by atoms with Crippen LogP contribution in [0.5, 0.6) is 0 Å². The molecule has 1 heterocycles. The van der Waals surface area contributed by atoms with E-state index in [1.54, 1.807) is 0 Å². The van der Waals surface area contributed by atoms with Gasteiger partial charge < -0.3 is 10.6 Å². The molecule has 0 saturated heterocycles. The number of aliphatic imine (C=N–C) groups is 1. The van der Waals surface area contributed by atoms with Crippen LogP contribution in [0.15, 0.2) is 17.3 Å². The lowest BCUT2D eigenvalue weighted by Gasteiger charge is -2.24. The number of guanidine groups is 1. The zero-order valence-corrected chi connectivity index (χ0v) is 14.1. The molecule has 0 aliphatic heterocycles. The Bertz CT molecular complexity index is 395. The SMILES string of the molecule is CN=C(NCc1ccnn1C)NC1CCCCC1.I. The van der Waals surface area contributed by atoms with E-state index in [9.17, 15) is 0 Å². The van der Waals surface area contributed by atoms with Crippen molar-refractivity contribution in [1.82, 2.24) is 20.4 Å². The van der Waals surface area contributed by atoms with Gasteiger partial charge in [0.05, 0.1) is 12.2 Å². The highest BCUT2D eigenvalue weighted by Gasteiger charge is 2.14. The van der Waals surface area contributed by atoms with Crippen molar-refractivity contribution in [2.24, 2.45) is 12.0 Å². The van der Waals surface area contributed by atoms with E-state index in [1.165, 1.54) is 32.1 Å². The maximum Gasteiger partial charge on any atom is 0.191 e. The molecule has 6 heteroatoms. The van der Waals surface area contributed by atoms with E-state index < -0.39 is 0 Å². The van der Waals surface area contributed by atoms with Crippen LogP contribution >= 0.6 is 24.0 Å². The van der Waals surface area contributed by atoms with Gasteiger partial charge in [-0.2, -0.15) is 5.10 Å². The van der Waals surface area contributed by atoms with Crippen molar-refractivity contribution in [2.45, 2.75) is 44.7 Å². The predicted molar refractivity (Wildman–Crippen MR) is 88.8 cm³/mol. The van der Waals surface area contributed by atoms with E-state index in [2.05, 4.69) is 20.7 Å². The van der Waals surface area contributed by atoms with Crippen molar-refractivity contribution in [3.8, 4) is 0 Å². The van der Waals surface area contributed by atoms with E-state index >= 15 is 0 Å². The normalized spacial score (nSPS) is 16.8. The van der Waals surface area contributed by atoms with Gasteiger partial charge in [-0.1, -0.05) is 19.3 Å². The fourth-order valence-corrected chi connectivity index (χ4v) is 2.38. The second-order valence-electron chi connectivity index (χ2n) is 4.85. The van der Waals surface area contributed by atoms with Crippen LogP contribution in [0.2, 0.25) is 0 Å². The molecule has 1 saturated carbocycles. The minimum atomic E-state index is 0. The molecule has 2 N–H and O–H groups in total. The summed E-state index contributed by atoms with van der Waals surface area (Å²) >= 11 is 0. The molecule has 1 fully saturated rings. The van der Waals surface area contributed by atoms with Crippen molar-refractivity contribution in [2.75, 3.05) is 7.05 Å². The molecule has 5 nitrogen and oxygen atoms in total. The van der Waals surface area contributed by atoms with Gasteiger partial charge in [-0.3, -0.25) is 9.67 Å². The minimum Gasteiger partial charge on any atom is -0.354 e. The largest absolute Gasteiger partial charge is 0.354 e. The highest BCUT2D eigenvalue weighted by molar-refractivity contribution is 14.0. The van der Waals surface area contributed by atoms with Gasteiger partial charge in [-0.05, 0) is 18.9 Å². The first-order valence-corrected chi connectivity index (χ1v) is 6.73. The number of hydrogen-bond acceptors (Lipinski definition) is 2. The summed E-state index contributed by atoms with van der Waals surface area (Å²) in [6.07, 6.45) is 8.36. The molecule has 0 aromatic carbocycles. The van der Waals surface area contributed by atoms with Crippen molar-refractivity contribution < 1.29 is 0 Å². The van der Waals surface area contributed by atoms with Crippen LogP contribution in [0.25, 0.3) is 0 Å². The number of rotatable bonds is 3. The van der Waals surface area contributed by atoms with Crippen molar-refractivity contribution in [1.29, 1.82) is 0 Å². The molecule has 0 radical (unpaired) electrons. The fourth-order valence-electron chi connectivity index (χ4n) is 2.38. The third kappa shape index (κ3) is 5.00. The van der Waals surface area contributed by atoms with Crippen molar-refractivity contribution in [3.63, 3.8) is 0 Å². The van der Waals surface area contributed by atoms with Gasteiger partial charge in [0.2, 0.25) is 0 Å². The molecule has 1 aromatic heterocycles. The first-order valence-electron chi connectivity index (χ1n) is 6.73. The lowest BCUT2D eigenvalue weighted by molar-refractivity contribution is 0.410. The number of aryl methyl sites for hydroxylation is 1. The Hall–Kier alpha value is -0.790. The molecule has 0 unspecified atom stereocenters. The summed E-state index contributed by atoms with van der Waals surface area (Å²) < 4.78 is 1.88. The molecular formula is C13H24IN5. The number of hydrogen-bond donors (Lipinski definition) is 2. The highest BCUT2D eigenvalue weighted by Crippen LogP contribution is 2.17. The third-order valence-corrected chi connectivity index (χ3v) is 3.53. The maximum atomic E-state index is 4.28. The Kier molecular flexibility index (Phi) is 7.19. The highest BCUT2D eigenvalue weighted by atomic mass is 127. The minimum absolute atomic E-state index is 0. The summed E-state index contributed by atoms with van der Waals surface area (Å²) in [5, 5.41) is 11.0. The molecule has 2 rings (SSSR count). The average molecular weight is 377 g/mol. The lowest BCUT2D eigenvalue weighted by Crippen LogP contribution is -2.44. The first-order chi connectivity index (χ1) is 8.79. The van der Waals surface area contributed by atoms with E-state index in [1.807, 2.05) is 31.0 Å². The molecule has 0 bridgehead atoms. The van der Waals surface area contributed by atoms with Crippen LogP contribution in [-0.2, 0) is 13.6 Å². The lowest BCUT2D eigenvalue weighted by atomic mass is 9.96. The van der Waals surface area contributed by atoms with Crippen LogP contribution in [0.3, 0.4) is 0 Å². The quantitative estimate of drug-likeness (QED) is 0.482. The van der Waals surface area contributed by atoms with Crippen LogP contribution in [0.1, 0.15) is 37.8 Å². The number of nitrogens with zero attached hydrogens (tertiary/aromatic N) is 3. The summed E-state index contributed by atoms with van der Waals surface area (Å²) in [5.74, 6) is 0.892. The van der Waals surface area contributed by atoms with Crippen LogP contribution in [0.4, 0.5) is 0 Å². The zero-order valence-electron chi connectivity index (χ0n) is 11.7. The average Bonchev–Trinajstić information content (AvgIpc) is 2.81. The Labute approximate surface area is 132 Å². The number of nitrogens with one attached hydrogen (secondary N) is 2. The van der Waals surface area contributed by atoms with Gasteiger partial charge in [0.1, 0.15) is 0 Å². The van der Waals surface area contributed by atoms with Gasteiger partial charge in [-0.25, -0.2) is 0 Å². The number of aromatic nitrogens is 2. The van der Waals surface area contributed by atoms with Crippen LogP contribution in [0, 0.1) is 0 Å². The second kappa shape index (κ2) is 8.39. The summed E-state index contributed by atoms with van der Waals surface area (Å²) in [5.41, 5.74) is 1.15. The molecular weight excluding hydrogens is 353 g/mol. The Balaban J connectivity index is 0.00000180. The molecule has 1 aliphatic carbocycles. The summed E-state index contributed by atoms with van der Waals surface area (Å²) in [6, 6.07) is 2.59. The fraction of sp³-hybridized carbons (Fsp3) is 0.692. The molecule has 108 valence electrons. The molecule has 1 aromatic rings.